The number of methoxy groups -OCH3 is 3. The van der Waals surface area contributed by atoms with E-state index in [1.54, 1.807) is 27.4 Å². The molecule has 0 saturated carbocycles. The molecule has 0 bridgehead atoms. The molecule has 152 valence electrons. The molecule has 0 aliphatic rings. The van der Waals surface area contributed by atoms with Gasteiger partial charge in [0.25, 0.3) is 5.91 Å². The minimum Gasteiger partial charge on any atom is -0.493 e. The van der Waals surface area contributed by atoms with Crippen molar-refractivity contribution < 1.29 is 19.0 Å². The number of nitrogens with zero attached hydrogens (tertiary/aromatic N) is 1. The summed E-state index contributed by atoms with van der Waals surface area (Å²) < 4.78 is 16.3. The number of carbonyl (C=O) groups excluding carboxylic acids is 1. The number of aromatic nitrogens is 1. The van der Waals surface area contributed by atoms with Gasteiger partial charge in [-0.15, -0.1) is 0 Å². The molecule has 1 heterocycles. The summed E-state index contributed by atoms with van der Waals surface area (Å²) in [6.07, 6.45) is 0.717. The number of hydrogen-bond donors (Lipinski definition) is 2. The van der Waals surface area contributed by atoms with Crippen LogP contribution in [0.25, 0.3) is 22.2 Å². The van der Waals surface area contributed by atoms with Gasteiger partial charge in [-0.2, -0.15) is 0 Å². The molecule has 0 saturated heterocycles. The van der Waals surface area contributed by atoms with Crippen LogP contribution in [0.2, 0.25) is 0 Å². The van der Waals surface area contributed by atoms with Crippen molar-refractivity contribution >= 4 is 16.8 Å². The third-order valence-electron chi connectivity index (χ3n) is 4.59. The first-order valence-electron chi connectivity index (χ1n) is 9.31. The summed E-state index contributed by atoms with van der Waals surface area (Å²) in [5, 5.41) is 3.70. The number of ether oxygens (including phenoxy) is 3. The van der Waals surface area contributed by atoms with Crippen LogP contribution in [0.1, 0.15) is 16.8 Å². The van der Waals surface area contributed by atoms with Crippen LogP contribution in [0.4, 0.5) is 0 Å². The maximum absolute atomic E-state index is 12.8. The Balaban J connectivity index is 2.14. The van der Waals surface area contributed by atoms with Crippen molar-refractivity contribution in [1.29, 1.82) is 0 Å². The molecule has 0 radical (unpaired) electrons. The molecule has 0 spiro atoms. The Morgan fingerprint density at radius 1 is 1.03 bits per heavy atom. The second kappa shape index (κ2) is 9.25. The van der Waals surface area contributed by atoms with Gasteiger partial charge in [-0.05, 0) is 37.2 Å². The summed E-state index contributed by atoms with van der Waals surface area (Å²) in [5.74, 6) is 1.38. The molecule has 0 aliphatic carbocycles. The van der Waals surface area contributed by atoms with Crippen molar-refractivity contribution in [3.8, 4) is 28.5 Å². The van der Waals surface area contributed by atoms with Gasteiger partial charge < -0.3 is 25.3 Å². The molecule has 3 rings (SSSR count). The minimum absolute atomic E-state index is 0.161. The lowest BCUT2D eigenvalue weighted by Gasteiger charge is -2.15. The van der Waals surface area contributed by atoms with Gasteiger partial charge in [-0.3, -0.25) is 4.79 Å². The second-order valence-electron chi connectivity index (χ2n) is 6.38. The zero-order chi connectivity index (χ0) is 20.8. The summed E-state index contributed by atoms with van der Waals surface area (Å²) in [5.41, 5.74) is 8.19. The van der Waals surface area contributed by atoms with Gasteiger partial charge in [0.15, 0.2) is 11.5 Å². The lowest BCUT2D eigenvalue weighted by Crippen LogP contribution is -2.26. The quantitative estimate of drug-likeness (QED) is 0.569. The standard InChI is InChI=1S/C22H25N3O4/c1-27-19-11-14(12-20(28-2)21(19)29-3)18-13-16(22(26)24-10-6-9-23)15-7-4-5-8-17(15)25-18/h4-5,7-8,11-13H,6,9-10,23H2,1-3H3,(H,24,26). The fourth-order valence-electron chi connectivity index (χ4n) is 3.14. The third-order valence-corrected chi connectivity index (χ3v) is 4.59. The van der Waals surface area contributed by atoms with Crippen molar-refractivity contribution in [3.05, 3.63) is 48.0 Å². The Hall–Kier alpha value is -3.32. The van der Waals surface area contributed by atoms with Crippen LogP contribution in [0, 0.1) is 0 Å². The van der Waals surface area contributed by atoms with E-state index in [1.807, 2.05) is 36.4 Å². The van der Waals surface area contributed by atoms with Gasteiger partial charge >= 0.3 is 0 Å². The third kappa shape index (κ3) is 4.25. The normalized spacial score (nSPS) is 10.6. The molecular weight excluding hydrogens is 370 g/mol. The van der Waals surface area contributed by atoms with Gasteiger partial charge in [-0.25, -0.2) is 4.98 Å². The molecule has 3 aromatic rings. The van der Waals surface area contributed by atoms with E-state index in [4.69, 9.17) is 24.9 Å². The first-order chi connectivity index (χ1) is 14.1. The molecule has 0 aliphatic heterocycles. The molecule has 29 heavy (non-hydrogen) atoms. The smallest absolute Gasteiger partial charge is 0.252 e. The average molecular weight is 395 g/mol. The fraction of sp³-hybridized carbons (Fsp3) is 0.273. The van der Waals surface area contributed by atoms with E-state index in [1.165, 1.54) is 0 Å². The van der Waals surface area contributed by atoms with Crippen molar-refractivity contribution in [3.63, 3.8) is 0 Å². The lowest BCUT2D eigenvalue weighted by atomic mass is 10.0. The lowest BCUT2D eigenvalue weighted by molar-refractivity contribution is 0.0955. The van der Waals surface area contributed by atoms with E-state index in [0.29, 0.717) is 48.0 Å². The summed E-state index contributed by atoms with van der Waals surface area (Å²) in [6, 6.07) is 13.0. The molecule has 0 atom stereocenters. The number of nitrogens with two attached hydrogens (primary N) is 1. The highest BCUT2D eigenvalue weighted by Gasteiger charge is 2.18. The number of pyridine rings is 1. The van der Waals surface area contributed by atoms with E-state index in [2.05, 4.69) is 5.32 Å². The Labute approximate surface area is 169 Å². The minimum atomic E-state index is -0.161. The summed E-state index contributed by atoms with van der Waals surface area (Å²) in [6.45, 7) is 1.04. The van der Waals surface area contributed by atoms with Gasteiger partial charge in [0.1, 0.15) is 0 Å². The van der Waals surface area contributed by atoms with E-state index < -0.39 is 0 Å². The van der Waals surface area contributed by atoms with Crippen LogP contribution < -0.4 is 25.3 Å². The number of rotatable bonds is 8. The van der Waals surface area contributed by atoms with Gasteiger partial charge in [0.05, 0.1) is 38.1 Å². The van der Waals surface area contributed by atoms with Crippen LogP contribution in [0.5, 0.6) is 17.2 Å². The van der Waals surface area contributed by atoms with Crippen LogP contribution in [-0.2, 0) is 0 Å². The van der Waals surface area contributed by atoms with Crippen LogP contribution in [0.15, 0.2) is 42.5 Å². The highest BCUT2D eigenvalue weighted by molar-refractivity contribution is 6.07. The van der Waals surface area contributed by atoms with E-state index in [9.17, 15) is 4.79 Å². The maximum Gasteiger partial charge on any atom is 0.252 e. The highest BCUT2D eigenvalue weighted by Crippen LogP contribution is 2.41. The average Bonchev–Trinajstić information content (AvgIpc) is 2.77. The molecule has 7 heteroatoms. The molecule has 0 unspecified atom stereocenters. The number of nitrogens with one attached hydrogen (secondary N) is 1. The summed E-state index contributed by atoms with van der Waals surface area (Å²) in [4.78, 5) is 17.6. The monoisotopic (exact) mass is 395 g/mol. The first-order valence-corrected chi connectivity index (χ1v) is 9.31. The predicted octanol–water partition coefficient (Wildman–Crippen LogP) is 3.01. The molecule has 1 amide bonds. The second-order valence-corrected chi connectivity index (χ2v) is 6.38. The number of para-hydroxylation sites is 1. The van der Waals surface area contributed by atoms with E-state index in [-0.39, 0.29) is 5.91 Å². The van der Waals surface area contributed by atoms with Crippen LogP contribution >= 0.6 is 0 Å². The van der Waals surface area contributed by atoms with Crippen LogP contribution in [0.3, 0.4) is 0 Å². The first kappa shape index (κ1) is 20.4. The van der Waals surface area contributed by atoms with Crippen molar-refractivity contribution in [2.75, 3.05) is 34.4 Å². The zero-order valence-corrected chi connectivity index (χ0v) is 16.8. The Morgan fingerprint density at radius 2 is 1.72 bits per heavy atom. The Morgan fingerprint density at radius 3 is 2.34 bits per heavy atom. The molecular formula is C22H25N3O4. The SMILES string of the molecule is COc1cc(-c2cc(C(=O)NCCCN)c3ccccc3n2)cc(OC)c1OC. The Bertz CT molecular complexity index is 995. The van der Waals surface area contributed by atoms with Crippen LogP contribution in [-0.4, -0.2) is 45.3 Å². The number of benzene rings is 2. The summed E-state index contributed by atoms with van der Waals surface area (Å²) >= 11 is 0. The van der Waals surface area contributed by atoms with Gasteiger partial charge in [0, 0.05) is 17.5 Å². The maximum atomic E-state index is 12.8. The number of carbonyl (C=O) groups is 1. The molecule has 1 aromatic heterocycles. The molecule has 7 nitrogen and oxygen atoms in total. The Kier molecular flexibility index (Phi) is 6.51. The number of hydrogen-bond acceptors (Lipinski definition) is 6. The number of fused-ring (bicyclic) bond motifs is 1. The van der Waals surface area contributed by atoms with Crippen molar-refractivity contribution in [1.82, 2.24) is 10.3 Å². The zero-order valence-electron chi connectivity index (χ0n) is 16.8. The van der Waals surface area contributed by atoms with E-state index in [0.717, 1.165) is 16.5 Å². The highest BCUT2D eigenvalue weighted by atomic mass is 16.5. The topological polar surface area (TPSA) is 95.7 Å². The molecule has 3 N–H and O–H groups in total. The van der Waals surface area contributed by atoms with E-state index >= 15 is 0 Å². The van der Waals surface area contributed by atoms with Gasteiger partial charge in [0.2, 0.25) is 5.75 Å². The summed E-state index contributed by atoms with van der Waals surface area (Å²) in [7, 11) is 4.68. The number of amides is 1. The van der Waals surface area contributed by atoms with Crippen molar-refractivity contribution in [2.24, 2.45) is 5.73 Å². The van der Waals surface area contributed by atoms with Crippen molar-refractivity contribution in [2.45, 2.75) is 6.42 Å². The predicted molar refractivity (Wildman–Crippen MR) is 113 cm³/mol. The molecule has 0 fully saturated rings. The molecule has 2 aromatic carbocycles. The largest absolute Gasteiger partial charge is 0.493 e. The van der Waals surface area contributed by atoms with Gasteiger partial charge in [-0.1, -0.05) is 18.2 Å². The fourth-order valence-corrected chi connectivity index (χ4v) is 3.14.